The van der Waals surface area contributed by atoms with Crippen molar-refractivity contribution in [1.29, 1.82) is 0 Å². The minimum atomic E-state index is -1.07. The van der Waals surface area contributed by atoms with E-state index in [0.29, 0.717) is 12.0 Å². The van der Waals surface area contributed by atoms with Crippen molar-refractivity contribution < 1.29 is 15.0 Å². The molecule has 0 aliphatic rings. The van der Waals surface area contributed by atoms with E-state index in [9.17, 15) is 15.0 Å². The van der Waals surface area contributed by atoms with E-state index in [0.717, 1.165) is 24.0 Å². The Morgan fingerprint density at radius 3 is 2.19 bits per heavy atom. The summed E-state index contributed by atoms with van der Waals surface area (Å²) >= 11 is 0. The van der Waals surface area contributed by atoms with Crippen molar-refractivity contribution in [2.75, 3.05) is 0 Å². The SMILES string of the molecule is CCCCCCCCCc1cc(Cc2ccccc2)c(O)c(C(=O)O)c1. The molecule has 3 heteroatoms. The Bertz CT molecular complexity index is 692. The van der Waals surface area contributed by atoms with Gasteiger partial charge in [0, 0.05) is 6.42 Å². The lowest BCUT2D eigenvalue weighted by atomic mass is 9.95. The van der Waals surface area contributed by atoms with Crippen LogP contribution in [-0.4, -0.2) is 16.2 Å². The molecule has 140 valence electrons. The lowest BCUT2D eigenvalue weighted by Gasteiger charge is -2.11. The van der Waals surface area contributed by atoms with Gasteiger partial charge in [-0.15, -0.1) is 0 Å². The fourth-order valence-corrected chi connectivity index (χ4v) is 3.30. The van der Waals surface area contributed by atoms with Gasteiger partial charge in [0.2, 0.25) is 0 Å². The van der Waals surface area contributed by atoms with Gasteiger partial charge in [0.05, 0.1) is 0 Å². The molecule has 0 aliphatic carbocycles. The maximum Gasteiger partial charge on any atom is 0.339 e. The first-order valence-electron chi connectivity index (χ1n) is 9.73. The highest BCUT2D eigenvalue weighted by atomic mass is 16.4. The Morgan fingerprint density at radius 2 is 1.54 bits per heavy atom. The van der Waals surface area contributed by atoms with Gasteiger partial charge < -0.3 is 10.2 Å². The van der Waals surface area contributed by atoms with Gasteiger partial charge in [0.15, 0.2) is 0 Å². The van der Waals surface area contributed by atoms with E-state index in [1.54, 1.807) is 6.07 Å². The zero-order valence-corrected chi connectivity index (χ0v) is 15.7. The summed E-state index contributed by atoms with van der Waals surface area (Å²) in [5, 5.41) is 19.8. The second-order valence-corrected chi connectivity index (χ2v) is 6.99. The van der Waals surface area contributed by atoms with Gasteiger partial charge in [-0.25, -0.2) is 4.79 Å². The molecule has 2 rings (SSSR count). The Kier molecular flexibility index (Phi) is 8.20. The first-order valence-corrected chi connectivity index (χ1v) is 9.73. The highest BCUT2D eigenvalue weighted by molar-refractivity contribution is 5.91. The van der Waals surface area contributed by atoms with E-state index in [1.807, 2.05) is 36.4 Å². The van der Waals surface area contributed by atoms with E-state index in [-0.39, 0.29) is 11.3 Å². The molecule has 0 unspecified atom stereocenters. The van der Waals surface area contributed by atoms with Crippen molar-refractivity contribution in [2.45, 2.75) is 64.7 Å². The molecule has 0 aromatic heterocycles. The summed E-state index contributed by atoms with van der Waals surface area (Å²) in [5.41, 5.74) is 2.76. The fraction of sp³-hybridized carbons (Fsp3) is 0.435. The first-order chi connectivity index (χ1) is 12.6. The molecular weight excluding hydrogens is 324 g/mol. The Hall–Kier alpha value is -2.29. The van der Waals surface area contributed by atoms with Gasteiger partial charge in [0.25, 0.3) is 0 Å². The number of carbonyl (C=O) groups is 1. The van der Waals surface area contributed by atoms with Crippen LogP contribution in [0.4, 0.5) is 0 Å². The minimum Gasteiger partial charge on any atom is -0.507 e. The van der Waals surface area contributed by atoms with E-state index >= 15 is 0 Å². The molecule has 0 fully saturated rings. The van der Waals surface area contributed by atoms with Crippen LogP contribution < -0.4 is 0 Å². The van der Waals surface area contributed by atoms with Gasteiger partial charge >= 0.3 is 5.97 Å². The number of aromatic carboxylic acids is 1. The van der Waals surface area contributed by atoms with Crippen molar-refractivity contribution in [1.82, 2.24) is 0 Å². The van der Waals surface area contributed by atoms with Crippen LogP contribution in [0.15, 0.2) is 42.5 Å². The number of carboxylic acids is 1. The maximum atomic E-state index is 11.5. The monoisotopic (exact) mass is 354 g/mol. The molecule has 0 saturated heterocycles. The maximum absolute atomic E-state index is 11.5. The van der Waals surface area contributed by atoms with E-state index in [4.69, 9.17) is 0 Å². The number of aryl methyl sites for hydroxylation is 1. The molecule has 0 radical (unpaired) electrons. The minimum absolute atomic E-state index is 0.0105. The van der Waals surface area contributed by atoms with Crippen molar-refractivity contribution in [3.63, 3.8) is 0 Å². The fourth-order valence-electron chi connectivity index (χ4n) is 3.30. The summed E-state index contributed by atoms with van der Waals surface area (Å²) in [6.07, 6.45) is 10.0. The average Bonchev–Trinajstić information content (AvgIpc) is 2.64. The molecule has 0 atom stereocenters. The molecule has 0 bridgehead atoms. The lowest BCUT2D eigenvalue weighted by Crippen LogP contribution is -2.02. The van der Waals surface area contributed by atoms with Crippen molar-refractivity contribution in [3.05, 3.63) is 64.7 Å². The molecule has 2 aromatic rings. The topological polar surface area (TPSA) is 57.5 Å². The molecule has 0 spiro atoms. The third-order valence-electron chi connectivity index (χ3n) is 4.79. The highest BCUT2D eigenvalue weighted by Gasteiger charge is 2.15. The largest absolute Gasteiger partial charge is 0.507 e. The summed E-state index contributed by atoms with van der Waals surface area (Å²) in [7, 11) is 0. The zero-order chi connectivity index (χ0) is 18.8. The average molecular weight is 354 g/mol. The third-order valence-corrected chi connectivity index (χ3v) is 4.79. The second kappa shape index (κ2) is 10.6. The first kappa shape index (κ1) is 20.0. The summed E-state index contributed by atoms with van der Waals surface area (Å²) in [5.74, 6) is -1.18. The van der Waals surface area contributed by atoms with Crippen LogP contribution >= 0.6 is 0 Å². The summed E-state index contributed by atoms with van der Waals surface area (Å²) in [6.45, 7) is 2.22. The van der Waals surface area contributed by atoms with E-state index < -0.39 is 5.97 Å². The number of aromatic hydroxyl groups is 1. The van der Waals surface area contributed by atoms with Crippen molar-refractivity contribution >= 4 is 5.97 Å². The number of carboxylic acid groups (broad SMARTS) is 1. The van der Waals surface area contributed by atoms with Crippen LogP contribution in [0.1, 0.15) is 78.9 Å². The van der Waals surface area contributed by atoms with Crippen LogP contribution in [0.3, 0.4) is 0 Å². The van der Waals surface area contributed by atoms with Gasteiger partial charge in [-0.3, -0.25) is 0 Å². The van der Waals surface area contributed by atoms with Crippen LogP contribution in [0, 0.1) is 0 Å². The summed E-state index contributed by atoms with van der Waals surface area (Å²) in [6, 6.07) is 13.4. The normalized spacial score (nSPS) is 10.8. The molecule has 3 nitrogen and oxygen atoms in total. The molecule has 2 N–H and O–H groups in total. The predicted molar refractivity (Wildman–Crippen MR) is 106 cm³/mol. The zero-order valence-electron chi connectivity index (χ0n) is 15.7. The molecule has 26 heavy (non-hydrogen) atoms. The summed E-state index contributed by atoms with van der Waals surface area (Å²) in [4.78, 5) is 11.5. The Morgan fingerprint density at radius 1 is 0.885 bits per heavy atom. The number of benzene rings is 2. The second-order valence-electron chi connectivity index (χ2n) is 6.99. The van der Waals surface area contributed by atoms with E-state index in [1.165, 1.54) is 38.5 Å². The molecular formula is C23H30O3. The quantitative estimate of drug-likeness (QED) is 0.488. The predicted octanol–water partition coefficient (Wildman–Crippen LogP) is 5.97. The molecule has 0 amide bonds. The van der Waals surface area contributed by atoms with E-state index in [2.05, 4.69) is 6.92 Å². The van der Waals surface area contributed by atoms with Crippen molar-refractivity contribution in [3.8, 4) is 5.75 Å². The number of unbranched alkanes of at least 4 members (excludes halogenated alkanes) is 6. The van der Waals surface area contributed by atoms with Crippen molar-refractivity contribution in [2.24, 2.45) is 0 Å². The van der Waals surface area contributed by atoms with Crippen LogP contribution in [0.5, 0.6) is 5.75 Å². The molecule has 0 aliphatic heterocycles. The molecule has 0 heterocycles. The number of rotatable bonds is 11. The molecule has 2 aromatic carbocycles. The van der Waals surface area contributed by atoms with Crippen LogP contribution in [0.25, 0.3) is 0 Å². The number of phenols is 1. The van der Waals surface area contributed by atoms with Gasteiger partial charge in [-0.05, 0) is 35.6 Å². The smallest absolute Gasteiger partial charge is 0.339 e. The van der Waals surface area contributed by atoms with Crippen LogP contribution in [-0.2, 0) is 12.8 Å². The lowest BCUT2D eigenvalue weighted by molar-refractivity contribution is 0.0693. The Labute approximate surface area is 156 Å². The summed E-state index contributed by atoms with van der Waals surface area (Å²) < 4.78 is 0. The van der Waals surface area contributed by atoms with Gasteiger partial charge in [0.1, 0.15) is 11.3 Å². The number of hydrogen-bond acceptors (Lipinski definition) is 2. The van der Waals surface area contributed by atoms with Gasteiger partial charge in [-0.1, -0.05) is 81.8 Å². The third kappa shape index (κ3) is 6.21. The van der Waals surface area contributed by atoms with Gasteiger partial charge in [-0.2, -0.15) is 0 Å². The highest BCUT2D eigenvalue weighted by Crippen LogP contribution is 2.28. The molecule has 0 saturated carbocycles. The number of hydrogen-bond donors (Lipinski definition) is 2. The van der Waals surface area contributed by atoms with Crippen LogP contribution in [0.2, 0.25) is 0 Å². The standard InChI is InChI=1S/C23H30O3/c1-2-3-4-5-6-7-9-14-19-16-20(15-18-12-10-8-11-13-18)22(24)21(17-19)23(25)26/h8,10-13,16-17,24H,2-7,9,14-15H2,1H3,(H,25,26). The Balaban J connectivity index is 2.03.